The van der Waals surface area contributed by atoms with Gasteiger partial charge in [-0.25, -0.2) is 9.78 Å². The average molecular weight is 468 g/mol. The number of anilines is 3. The van der Waals surface area contributed by atoms with Crippen LogP contribution in [0.25, 0.3) is 10.9 Å². The lowest BCUT2D eigenvalue weighted by molar-refractivity contribution is 0.0527. The highest BCUT2D eigenvalue weighted by Gasteiger charge is 2.23. The minimum atomic E-state index is -0.468. The molecule has 3 aromatic carbocycles. The number of ether oxygens (including phenoxy) is 2. The summed E-state index contributed by atoms with van der Waals surface area (Å²) in [6.07, 6.45) is 0.900. The molecule has 35 heavy (non-hydrogen) atoms. The molecule has 1 aliphatic heterocycles. The quantitative estimate of drug-likeness (QED) is 0.384. The Hall–Kier alpha value is -4.39. The molecule has 1 aliphatic rings. The summed E-state index contributed by atoms with van der Waals surface area (Å²) < 4.78 is 10.4. The van der Waals surface area contributed by atoms with Crippen LogP contribution in [0.15, 0.2) is 72.8 Å². The number of fused-ring (bicyclic) bond motifs is 2. The van der Waals surface area contributed by atoms with Gasteiger partial charge in [0.2, 0.25) is 0 Å². The Balaban J connectivity index is 1.37. The smallest absolute Gasteiger partial charge is 0.340 e. The molecule has 7 heteroatoms. The summed E-state index contributed by atoms with van der Waals surface area (Å²) in [5.41, 5.74) is 4.26. The van der Waals surface area contributed by atoms with E-state index >= 15 is 0 Å². The highest BCUT2D eigenvalue weighted by molar-refractivity contribution is 6.08. The molecule has 4 aromatic rings. The van der Waals surface area contributed by atoms with Crippen molar-refractivity contribution in [2.45, 2.75) is 13.3 Å². The Labute approximate surface area is 203 Å². The second kappa shape index (κ2) is 9.46. The Kier molecular flexibility index (Phi) is 6.06. The number of esters is 1. The predicted molar refractivity (Wildman–Crippen MR) is 136 cm³/mol. The van der Waals surface area contributed by atoms with Crippen LogP contribution >= 0.6 is 0 Å². The second-order valence-electron chi connectivity index (χ2n) is 8.20. The summed E-state index contributed by atoms with van der Waals surface area (Å²) in [6, 6.07) is 22.3. The van der Waals surface area contributed by atoms with Crippen LogP contribution in [0.5, 0.6) is 5.75 Å². The van der Waals surface area contributed by atoms with E-state index in [1.807, 2.05) is 30.3 Å². The number of hydrogen-bond acceptors (Lipinski definition) is 6. The van der Waals surface area contributed by atoms with E-state index in [2.05, 4.69) is 16.3 Å². The minimum absolute atomic E-state index is 0.264. The lowest BCUT2D eigenvalue weighted by Gasteiger charge is -2.19. The number of para-hydroxylation sites is 1. The minimum Gasteiger partial charge on any atom is -0.497 e. The van der Waals surface area contributed by atoms with Gasteiger partial charge in [-0.15, -0.1) is 0 Å². The molecule has 1 amide bonds. The van der Waals surface area contributed by atoms with Crippen LogP contribution in [0.3, 0.4) is 0 Å². The molecule has 5 rings (SSSR count). The molecular weight excluding hydrogens is 442 g/mol. The molecular formula is C28H25N3O4. The van der Waals surface area contributed by atoms with Gasteiger partial charge in [-0.1, -0.05) is 12.1 Å². The molecule has 0 atom stereocenters. The van der Waals surface area contributed by atoms with E-state index in [1.165, 1.54) is 5.56 Å². The van der Waals surface area contributed by atoms with Crippen LogP contribution in [0.4, 0.5) is 17.2 Å². The second-order valence-corrected chi connectivity index (χ2v) is 8.20. The number of pyridine rings is 1. The Bertz CT molecular complexity index is 1420. The topological polar surface area (TPSA) is 80.8 Å². The van der Waals surface area contributed by atoms with E-state index in [0.29, 0.717) is 16.8 Å². The number of benzene rings is 3. The largest absolute Gasteiger partial charge is 0.497 e. The van der Waals surface area contributed by atoms with Gasteiger partial charge in [-0.05, 0) is 73.5 Å². The van der Waals surface area contributed by atoms with Gasteiger partial charge in [0.05, 0.1) is 30.5 Å². The maximum absolute atomic E-state index is 12.9. The number of nitrogens with zero attached hydrogens (tertiary/aromatic N) is 2. The van der Waals surface area contributed by atoms with Crippen LogP contribution in [0, 0.1) is 0 Å². The van der Waals surface area contributed by atoms with E-state index in [1.54, 1.807) is 50.4 Å². The van der Waals surface area contributed by atoms with E-state index < -0.39 is 5.97 Å². The van der Waals surface area contributed by atoms with Crippen LogP contribution < -0.4 is 15.0 Å². The van der Waals surface area contributed by atoms with Crippen molar-refractivity contribution in [3.63, 3.8) is 0 Å². The molecule has 2 heterocycles. The SMILES string of the molecule is CCOC(=O)c1ccccc1NC(=O)c1ccc(N2CCc3cc4ccc(OC)cc4nc32)cc1. The van der Waals surface area contributed by atoms with Crippen molar-refractivity contribution < 1.29 is 19.1 Å². The maximum Gasteiger partial charge on any atom is 0.340 e. The molecule has 1 N–H and O–H groups in total. The summed E-state index contributed by atoms with van der Waals surface area (Å²) in [5, 5.41) is 3.91. The first-order valence-corrected chi connectivity index (χ1v) is 11.5. The zero-order valence-corrected chi connectivity index (χ0v) is 19.6. The van der Waals surface area contributed by atoms with Crippen molar-refractivity contribution in [1.82, 2.24) is 4.98 Å². The van der Waals surface area contributed by atoms with Gasteiger partial charge in [-0.3, -0.25) is 4.79 Å². The number of carbonyl (C=O) groups is 2. The number of nitrogens with one attached hydrogen (secondary N) is 1. The van der Waals surface area contributed by atoms with E-state index in [0.717, 1.165) is 41.1 Å². The molecule has 0 bridgehead atoms. The fraction of sp³-hybridized carbons (Fsp3) is 0.179. The Morgan fingerprint density at radius 2 is 1.83 bits per heavy atom. The number of carbonyl (C=O) groups excluding carboxylic acids is 2. The van der Waals surface area contributed by atoms with Crippen molar-refractivity contribution in [3.05, 3.63) is 89.5 Å². The standard InChI is InChI=1S/C28H25N3O4/c1-3-35-28(33)23-6-4-5-7-24(23)30-27(32)18-8-11-21(12-9-18)31-15-14-20-16-19-10-13-22(34-2)17-25(19)29-26(20)31/h4-13,16-17H,3,14-15H2,1-2H3,(H,30,32). The Morgan fingerprint density at radius 3 is 2.60 bits per heavy atom. The highest BCUT2D eigenvalue weighted by atomic mass is 16.5. The normalized spacial score (nSPS) is 12.3. The van der Waals surface area contributed by atoms with Gasteiger partial charge < -0.3 is 19.7 Å². The summed E-state index contributed by atoms with van der Waals surface area (Å²) >= 11 is 0. The number of aromatic nitrogens is 1. The summed E-state index contributed by atoms with van der Waals surface area (Å²) in [7, 11) is 1.65. The van der Waals surface area contributed by atoms with Crippen LogP contribution in [-0.2, 0) is 11.2 Å². The molecule has 0 unspecified atom stereocenters. The number of hydrogen-bond donors (Lipinski definition) is 1. The number of rotatable bonds is 6. The van der Waals surface area contributed by atoms with Crippen molar-refractivity contribution in [1.29, 1.82) is 0 Å². The van der Waals surface area contributed by atoms with E-state index in [4.69, 9.17) is 14.5 Å². The third kappa shape index (κ3) is 4.40. The van der Waals surface area contributed by atoms with Crippen molar-refractivity contribution in [2.75, 3.05) is 30.5 Å². The fourth-order valence-corrected chi connectivity index (χ4v) is 4.28. The first-order chi connectivity index (χ1) is 17.1. The van der Waals surface area contributed by atoms with Gasteiger partial charge in [-0.2, -0.15) is 0 Å². The number of amides is 1. The maximum atomic E-state index is 12.9. The van der Waals surface area contributed by atoms with E-state index in [9.17, 15) is 9.59 Å². The highest BCUT2D eigenvalue weighted by Crippen LogP contribution is 2.35. The van der Waals surface area contributed by atoms with Crippen molar-refractivity contribution in [2.24, 2.45) is 0 Å². The monoisotopic (exact) mass is 467 g/mol. The van der Waals surface area contributed by atoms with Gasteiger partial charge in [0.25, 0.3) is 5.91 Å². The van der Waals surface area contributed by atoms with Gasteiger partial charge in [0.15, 0.2) is 0 Å². The fourth-order valence-electron chi connectivity index (χ4n) is 4.28. The summed E-state index contributed by atoms with van der Waals surface area (Å²) in [4.78, 5) is 32.1. The molecule has 1 aromatic heterocycles. The summed E-state index contributed by atoms with van der Waals surface area (Å²) in [6.45, 7) is 2.82. The zero-order valence-electron chi connectivity index (χ0n) is 19.6. The molecule has 0 saturated heterocycles. The third-order valence-corrected chi connectivity index (χ3v) is 6.05. The van der Waals surface area contributed by atoms with Gasteiger partial charge in [0.1, 0.15) is 11.6 Å². The van der Waals surface area contributed by atoms with E-state index in [-0.39, 0.29) is 12.5 Å². The zero-order chi connectivity index (χ0) is 24.4. The lowest BCUT2D eigenvalue weighted by Crippen LogP contribution is -2.17. The first kappa shape index (κ1) is 22.4. The molecule has 0 aliphatic carbocycles. The molecule has 0 saturated carbocycles. The van der Waals surface area contributed by atoms with Crippen molar-refractivity contribution >= 4 is 40.0 Å². The molecule has 7 nitrogen and oxygen atoms in total. The molecule has 176 valence electrons. The first-order valence-electron chi connectivity index (χ1n) is 11.5. The van der Waals surface area contributed by atoms with Gasteiger partial charge in [0, 0.05) is 29.2 Å². The third-order valence-electron chi connectivity index (χ3n) is 6.05. The Morgan fingerprint density at radius 1 is 1.03 bits per heavy atom. The van der Waals surface area contributed by atoms with Gasteiger partial charge >= 0.3 is 5.97 Å². The summed E-state index contributed by atoms with van der Waals surface area (Å²) in [5.74, 6) is 0.927. The average Bonchev–Trinajstić information content (AvgIpc) is 3.30. The molecule has 0 fully saturated rings. The molecule has 0 radical (unpaired) electrons. The van der Waals surface area contributed by atoms with Crippen LogP contribution in [-0.4, -0.2) is 37.1 Å². The molecule has 0 spiro atoms. The lowest BCUT2D eigenvalue weighted by atomic mass is 10.1. The number of methoxy groups -OCH3 is 1. The predicted octanol–water partition coefficient (Wildman–Crippen LogP) is 5.37. The van der Waals surface area contributed by atoms with Crippen LogP contribution in [0.2, 0.25) is 0 Å². The van der Waals surface area contributed by atoms with Crippen molar-refractivity contribution in [3.8, 4) is 5.75 Å². The van der Waals surface area contributed by atoms with Crippen LogP contribution in [0.1, 0.15) is 33.2 Å².